The predicted octanol–water partition coefficient (Wildman–Crippen LogP) is 3.83. The summed E-state index contributed by atoms with van der Waals surface area (Å²) in [7, 11) is 3.06. The number of amides is 4. The minimum absolute atomic E-state index is 0.00664. The second-order valence-corrected chi connectivity index (χ2v) is 14.5. The van der Waals surface area contributed by atoms with Crippen LogP contribution in [0.5, 0.6) is 5.88 Å². The molecule has 4 aliphatic rings. The molecule has 53 heavy (non-hydrogen) atoms. The number of urea groups is 1. The highest BCUT2D eigenvalue weighted by atomic mass is 16.5. The van der Waals surface area contributed by atoms with Crippen LogP contribution in [0.15, 0.2) is 60.1 Å². The van der Waals surface area contributed by atoms with Crippen LogP contribution in [0.3, 0.4) is 0 Å². The number of ether oxygens (including phenoxy) is 1. The van der Waals surface area contributed by atoms with Crippen LogP contribution in [-0.4, -0.2) is 101 Å². The summed E-state index contributed by atoms with van der Waals surface area (Å²) in [5, 5.41) is 18.9. The number of carbonyl (C=O) groups excluding carboxylic acids is 4. The average molecular weight is 720 g/mol. The number of hydrogen-bond acceptors (Lipinski definition) is 9. The highest BCUT2D eigenvalue weighted by Gasteiger charge is 2.45. The van der Waals surface area contributed by atoms with E-state index in [1.54, 1.807) is 26.0 Å². The Morgan fingerprint density at radius 3 is 2.58 bits per heavy atom. The van der Waals surface area contributed by atoms with Gasteiger partial charge in [0.1, 0.15) is 5.57 Å². The number of aliphatic hydroxyl groups is 1. The summed E-state index contributed by atoms with van der Waals surface area (Å²) < 4.78 is 5.97. The fourth-order valence-electron chi connectivity index (χ4n) is 8.39. The molecule has 2 saturated heterocycles. The third-order valence-electron chi connectivity index (χ3n) is 11.1. The van der Waals surface area contributed by atoms with E-state index < -0.39 is 17.9 Å². The summed E-state index contributed by atoms with van der Waals surface area (Å²) in [4.78, 5) is 60.4. The van der Waals surface area contributed by atoms with Gasteiger partial charge >= 0.3 is 6.03 Å². The van der Waals surface area contributed by atoms with E-state index >= 15 is 0 Å². The maximum atomic E-state index is 13.5. The molecule has 1 aliphatic carbocycles. The molecule has 3 aromatic rings. The van der Waals surface area contributed by atoms with Crippen molar-refractivity contribution in [3.05, 3.63) is 82.3 Å². The van der Waals surface area contributed by atoms with Crippen LogP contribution in [0.2, 0.25) is 0 Å². The van der Waals surface area contributed by atoms with Crippen molar-refractivity contribution in [3.8, 4) is 28.3 Å². The third-order valence-corrected chi connectivity index (χ3v) is 11.1. The molecule has 13 nitrogen and oxygen atoms in total. The number of aliphatic hydroxyl groups excluding tert-OH is 1. The lowest BCUT2D eigenvalue weighted by molar-refractivity contribution is -0.128. The van der Waals surface area contributed by atoms with Crippen molar-refractivity contribution in [1.82, 2.24) is 30.3 Å². The van der Waals surface area contributed by atoms with E-state index in [9.17, 15) is 24.3 Å². The molecule has 13 heteroatoms. The Kier molecular flexibility index (Phi) is 9.58. The lowest BCUT2D eigenvalue weighted by Gasteiger charge is -2.36. The summed E-state index contributed by atoms with van der Waals surface area (Å²) in [5.41, 5.74) is 8.01. The topological polar surface area (TPSA) is 156 Å². The lowest BCUT2D eigenvalue weighted by Crippen LogP contribution is -2.59. The lowest BCUT2D eigenvalue weighted by atomic mass is 9.91. The van der Waals surface area contributed by atoms with Crippen LogP contribution in [0.1, 0.15) is 54.5 Å². The number of β-amino-alcohol motifs (C(OH)–C–C–N with tert-alkyl or cyclic N) is 1. The van der Waals surface area contributed by atoms with Crippen LogP contribution in [-0.2, 0) is 20.8 Å². The van der Waals surface area contributed by atoms with E-state index in [0.29, 0.717) is 18.1 Å². The van der Waals surface area contributed by atoms with Gasteiger partial charge in [0, 0.05) is 55.7 Å². The zero-order chi connectivity index (χ0) is 37.6. The molecule has 4 heterocycles. The highest BCUT2D eigenvalue weighted by Crippen LogP contribution is 2.46. The quantitative estimate of drug-likeness (QED) is 0.201. The minimum atomic E-state index is -0.822. The largest absolute Gasteiger partial charge is 0.481 e. The molecule has 0 bridgehead atoms. The summed E-state index contributed by atoms with van der Waals surface area (Å²) in [5.74, 6) is 0.995. The average Bonchev–Trinajstić information content (AvgIpc) is 3.74. The van der Waals surface area contributed by atoms with Crippen molar-refractivity contribution >= 4 is 29.5 Å². The molecule has 2 fully saturated rings. The number of methoxy groups -OCH3 is 1. The normalized spacial score (nSPS) is 21.9. The molecule has 4 N–H and O–H groups in total. The van der Waals surface area contributed by atoms with E-state index in [4.69, 9.17) is 9.72 Å². The van der Waals surface area contributed by atoms with Crippen molar-refractivity contribution in [3.63, 3.8) is 0 Å². The molecule has 4 amide bonds. The molecular formula is C40H45N7O6. The van der Waals surface area contributed by atoms with Crippen LogP contribution < -0.4 is 20.7 Å². The van der Waals surface area contributed by atoms with Gasteiger partial charge in [-0.3, -0.25) is 19.4 Å². The summed E-state index contributed by atoms with van der Waals surface area (Å²) >= 11 is 0. The first-order chi connectivity index (χ1) is 25.4. The molecular weight excluding hydrogens is 674 g/mol. The van der Waals surface area contributed by atoms with Crippen molar-refractivity contribution in [2.45, 2.75) is 64.1 Å². The van der Waals surface area contributed by atoms with Crippen LogP contribution >= 0.6 is 0 Å². The second-order valence-electron chi connectivity index (χ2n) is 14.5. The Balaban J connectivity index is 1.16. The van der Waals surface area contributed by atoms with E-state index in [0.717, 1.165) is 82.7 Å². The number of likely N-dealkylation sites (tertiary alicyclic amines) is 1. The van der Waals surface area contributed by atoms with Gasteiger partial charge in [0.2, 0.25) is 11.7 Å². The molecule has 3 atom stereocenters. The molecule has 1 spiro atoms. The van der Waals surface area contributed by atoms with Gasteiger partial charge in [-0.1, -0.05) is 30.3 Å². The minimum Gasteiger partial charge on any atom is -0.481 e. The van der Waals surface area contributed by atoms with Gasteiger partial charge < -0.3 is 30.7 Å². The Bertz CT molecular complexity index is 2090. The highest BCUT2D eigenvalue weighted by molar-refractivity contribution is 6.23. The number of aryl methyl sites for hydroxylation is 1. The van der Waals surface area contributed by atoms with E-state index in [2.05, 4.69) is 39.9 Å². The van der Waals surface area contributed by atoms with Gasteiger partial charge in [-0.2, -0.15) is 0 Å². The molecule has 2 aromatic carbocycles. The van der Waals surface area contributed by atoms with E-state index in [1.165, 1.54) is 23.7 Å². The number of fused-ring (bicyclic) bond motifs is 1. The van der Waals surface area contributed by atoms with Gasteiger partial charge in [-0.05, 0) is 86.4 Å². The van der Waals surface area contributed by atoms with Crippen molar-refractivity contribution in [1.29, 1.82) is 0 Å². The maximum absolute atomic E-state index is 13.5. The van der Waals surface area contributed by atoms with Crippen molar-refractivity contribution < 1.29 is 29.0 Å². The Morgan fingerprint density at radius 2 is 1.87 bits per heavy atom. The SMILES string of the molecule is COc1nc(-c2cccc(-c3cccc(NC(=O)C4=CN(C[C@H](C)O)C(=C=O)N(C)C4=O)c3C)c2C)cc2c1C(N1CC[C@@]3(CCNC(=O)N3)C1)CC2. The molecule has 7 rings (SSSR count). The number of hydrogen-bond donors (Lipinski definition) is 4. The number of benzene rings is 2. The molecule has 0 radical (unpaired) electrons. The van der Waals surface area contributed by atoms with Crippen LogP contribution in [0, 0.1) is 13.8 Å². The number of nitrogens with zero attached hydrogens (tertiary/aromatic N) is 4. The standard InChI is InChI=1S/C40H45N7O6/c1-23(49)19-47-20-30(38(51)45(4)34(47)21-48)36(50)42-31-11-7-9-28(25(31)3)27-8-6-10-29(24(27)2)32-18-26-12-13-33(35(26)37(43-32)53-5)46-17-15-40(22-46)14-16-41-39(52)44-40/h6-11,18,20,23,33,49H,12-17,19,22H2,1-5H3,(H,42,50)(H2,41,44,52)/t23-,33?,40-/m0/s1. The first-order valence-electron chi connectivity index (χ1n) is 18.0. The zero-order valence-electron chi connectivity index (χ0n) is 30.7. The second kappa shape index (κ2) is 14.1. The molecule has 1 unspecified atom stereocenters. The monoisotopic (exact) mass is 719 g/mol. The Labute approximate surface area is 308 Å². The number of rotatable bonds is 8. The van der Waals surface area contributed by atoms with Gasteiger partial charge in [0.15, 0.2) is 5.94 Å². The third kappa shape index (κ3) is 6.56. The van der Waals surface area contributed by atoms with E-state index in [1.807, 2.05) is 31.2 Å². The molecule has 3 aliphatic heterocycles. The fourth-order valence-corrected chi connectivity index (χ4v) is 8.39. The number of likely N-dealkylation sites (N-methyl/N-ethyl adjacent to an activating group) is 1. The maximum Gasteiger partial charge on any atom is 0.315 e. The van der Waals surface area contributed by atoms with Crippen molar-refractivity contribution in [2.75, 3.05) is 45.7 Å². The first kappa shape index (κ1) is 35.9. The van der Waals surface area contributed by atoms with Gasteiger partial charge in [0.25, 0.3) is 11.8 Å². The number of pyridine rings is 1. The summed E-state index contributed by atoms with van der Waals surface area (Å²) in [6.45, 7) is 7.94. The smallest absolute Gasteiger partial charge is 0.315 e. The predicted molar refractivity (Wildman–Crippen MR) is 199 cm³/mol. The molecule has 1 aromatic heterocycles. The Morgan fingerprint density at radius 1 is 1.13 bits per heavy atom. The number of anilines is 1. The fraction of sp³-hybridized carbons (Fsp3) is 0.400. The number of carbonyl (C=O) groups is 3. The summed E-state index contributed by atoms with van der Waals surface area (Å²) in [6, 6.07) is 14.0. The zero-order valence-corrected chi connectivity index (χ0v) is 30.7. The van der Waals surface area contributed by atoms with E-state index in [-0.39, 0.29) is 35.6 Å². The Hall–Kier alpha value is -5.49. The number of aromatic nitrogens is 1. The first-order valence-corrected chi connectivity index (χ1v) is 18.0. The van der Waals surface area contributed by atoms with Crippen LogP contribution in [0.25, 0.3) is 22.4 Å². The van der Waals surface area contributed by atoms with Gasteiger partial charge in [0.05, 0.1) is 31.0 Å². The molecule has 276 valence electrons. The van der Waals surface area contributed by atoms with Crippen molar-refractivity contribution in [2.24, 2.45) is 0 Å². The summed E-state index contributed by atoms with van der Waals surface area (Å²) in [6.07, 6.45) is 4.16. The molecule has 0 saturated carbocycles. The number of nitrogens with one attached hydrogen (secondary N) is 3. The van der Waals surface area contributed by atoms with Gasteiger partial charge in [-0.25, -0.2) is 14.6 Å². The van der Waals surface area contributed by atoms with Gasteiger partial charge in [-0.15, -0.1) is 0 Å². The van der Waals surface area contributed by atoms with Crippen LogP contribution in [0.4, 0.5) is 10.5 Å².